The summed E-state index contributed by atoms with van der Waals surface area (Å²) in [6, 6.07) is 26.3. The van der Waals surface area contributed by atoms with Crippen molar-refractivity contribution in [2.24, 2.45) is 0 Å². The van der Waals surface area contributed by atoms with Crippen LogP contribution < -0.4 is 10.6 Å². The molecule has 1 atom stereocenters. The summed E-state index contributed by atoms with van der Waals surface area (Å²) < 4.78 is 6.55. The lowest BCUT2D eigenvalue weighted by atomic mass is 9.77. The zero-order valence-corrected chi connectivity index (χ0v) is 23.6. The van der Waals surface area contributed by atoms with E-state index in [9.17, 15) is 4.79 Å². The van der Waals surface area contributed by atoms with Crippen LogP contribution >= 0.6 is 0 Å². The summed E-state index contributed by atoms with van der Waals surface area (Å²) in [7, 11) is 5.77. The van der Waals surface area contributed by atoms with Crippen LogP contribution in [0.3, 0.4) is 0 Å². The van der Waals surface area contributed by atoms with Crippen LogP contribution in [0, 0.1) is 27.7 Å². The minimum absolute atomic E-state index is 0.275. The second-order valence-corrected chi connectivity index (χ2v) is 10.6. The Morgan fingerprint density at radius 1 is 0.816 bits per heavy atom. The van der Waals surface area contributed by atoms with Crippen LogP contribution in [-0.2, 0) is 10.3 Å². The summed E-state index contributed by atoms with van der Waals surface area (Å²) >= 11 is 0. The molecule has 0 saturated heterocycles. The molecule has 2 N–H and O–H groups in total. The Hall–Kier alpha value is -3.67. The van der Waals surface area contributed by atoms with Gasteiger partial charge in [0.25, 0.3) is 0 Å². The molecule has 4 rings (SSSR count). The molecule has 4 aromatic carbocycles. The van der Waals surface area contributed by atoms with Gasteiger partial charge in [-0.15, -0.1) is 0 Å². The molecule has 0 aliphatic rings. The number of anilines is 1. The molecular weight excluding hydrogens is 470 g/mol. The van der Waals surface area contributed by atoms with Gasteiger partial charge >= 0.3 is 6.03 Å². The van der Waals surface area contributed by atoms with Gasteiger partial charge in [-0.1, -0.05) is 95.1 Å². The fourth-order valence-corrected chi connectivity index (χ4v) is 5.62. The van der Waals surface area contributed by atoms with Gasteiger partial charge in [-0.25, -0.2) is 4.79 Å². The first-order valence-corrected chi connectivity index (χ1v) is 13.0. The normalized spacial score (nSPS) is 12.5. The van der Waals surface area contributed by atoms with E-state index >= 15 is 0 Å². The highest BCUT2D eigenvalue weighted by molar-refractivity contribution is 6.01. The van der Waals surface area contributed by atoms with Gasteiger partial charge < -0.3 is 20.3 Å². The Morgan fingerprint density at radius 3 is 1.87 bits per heavy atom. The third-order valence-electron chi connectivity index (χ3n) is 7.00. The van der Waals surface area contributed by atoms with E-state index in [0.717, 1.165) is 49.8 Å². The van der Waals surface area contributed by atoms with E-state index in [4.69, 9.17) is 4.74 Å². The maximum Gasteiger partial charge on any atom is 0.319 e. The van der Waals surface area contributed by atoms with Crippen LogP contribution in [0.4, 0.5) is 10.5 Å². The highest BCUT2D eigenvalue weighted by Crippen LogP contribution is 2.39. The summed E-state index contributed by atoms with van der Waals surface area (Å²) in [6.45, 7) is 8.96. The second-order valence-electron chi connectivity index (χ2n) is 10.6. The van der Waals surface area contributed by atoms with E-state index in [1.165, 1.54) is 0 Å². The molecule has 4 aromatic rings. The highest BCUT2D eigenvalue weighted by Gasteiger charge is 2.44. The monoisotopic (exact) mass is 509 g/mol. The van der Waals surface area contributed by atoms with Gasteiger partial charge in [-0.3, -0.25) is 0 Å². The summed E-state index contributed by atoms with van der Waals surface area (Å²) in [5.41, 5.74) is 6.46. The molecule has 0 heterocycles. The average Bonchev–Trinajstić information content (AvgIpc) is 2.83. The number of hydrogen-bond donors (Lipinski definition) is 2. The predicted molar refractivity (Wildman–Crippen MR) is 158 cm³/mol. The van der Waals surface area contributed by atoms with Crippen LogP contribution in [0.15, 0.2) is 78.9 Å². The van der Waals surface area contributed by atoms with Gasteiger partial charge in [0.2, 0.25) is 0 Å². The van der Waals surface area contributed by atoms with Crippen molar-refractivity contribution in [3.63, 3.8) is 0 Å². The number of carbonyl (C=O) groups excluding carboxylic acids is 1. The fourth-order valence-electron chi connectivity index (χ4n) is 5.62. The van der Waals surface area contributed by atoms with E-state index in [-0.39, 0.29) is 6.03 Å². The number of amides is 2. The van der Waals surface area contributed by atoms with Crippen molar-refractivity contribution in [3.05, 3.63) is 112 Å². The molecule has 0 aromatic heterocycles. The van der Waals surface area contributed by atoms with Crippen molar-refractivity contribution in [1.82, 2.24) is 10.2 Å². The van der Waals surface area contributed by atoms with E-state index in [1.54, 1.807) is 7.11 Å². The van der Waals surface area contributed by atoms with Crippen molar-refractivity contribution >= 4 is 22.5 Å². The topological polar surface area (TPSA) is 53.6 Å². The highest BCUT2D eigenvalue weighted by atomic mass is 16.5. The van der Waals surface area contributed by atoms with Crippen LogP contribution in [0.25, 0.3) is 10.8 Å². The lowest BCUT2D eigenvalue weighted by molar-refractivity contribution is -0.0143. The Bertz CT molecular complexity index is 1350. The predicted octanol–water partition coefficient (Wildman–Crippen LogP) is 6.72. The number of fused-ring (bicyclic) bond motifs is 1. The number of ether oxygens (including phenoxy) is 1. The van der Waals surface area contributed by atoms with E-state index < -0.39 is 11.6 Å². The van der Waals surface area contributed by atoms with Gasteiger partial charge in [0.15, 0.2) is 0 Å². The quantitative estimate of drug-likeness (QED) is 0.277. The van der Waals surface area contributed by atoms with E-state index in [1.807, 2.05) is 56.6 Å². The van der Waals surface area contributed by atoms with Gasteiger partial charge in [0.05, 0.1) is 11.7 Å². The van der Waals surface area contributed by atoms with Crippen LogP contribution in [0.2, 0.25) is 0 Å². The van der Waals surface area contributed by atoms with Crippen molar-refractivity contribution in [3.8, 4) is 0 Å². The summed E-state index contributed by atoms with van der Waals surface area (Å²) in [5, 5.41) is 8.49. The van der Waals surface area contributed by atoms with Crippen LogP contribution in [0.1, 0.15) is 33.4 Å². The lowest BCUT2D eigenvalue weighted by Gasteiger charge is -2.42. The van der Waals surface area contributed by atoms with Gasteiger partial charge in [-0.05, 0) is 64.4 Å². The van der Waals surface area contributed by atoms with Crippen molar-refractivity contribution < 1.29 is 9.53 Å². The molecule has 198 valence electrons. The third-order valence-corrected chi connectivity index (χ3v) is 7.00. The number of carbonyl (C=O) groups is 1. The number of nitrogens with zero attached hydrogens (tertiary/aromatic N) is 1. The molecule has 0 spiro atoms. The number of nitrogens with one attached hydrogen (secondary N) is 2. The maximum absolute atomic E-state index is 13.6. The number of methoxy groups -OCH3 is 1. The van der Waals surface area contributed by atoms with Gasteiger partial charge in [0.1, 0.15) is 5.60 Å². The molecule has 0 radical (unpaired) electrons. The first kappa shape index (κ1) is 27.4. The molecule has 0 bridgehead atoms. The number of benzene rings is 4. The molecule has 5 heteroatoms. The molecule has 2 amide bonds. The zero-order chi connectivity index (χ0) is 27.4. The number of rotatable bonds is 8. The number of hydrogen-bond acceptors (Lipinski definition) is 3. The Morgan fingerprint density at radius 2 is 1.34 bits per heavy atom. The van der Waals surface area contributed by atoms with Crippen molar-refractivity contribution in [2.45, 2.75) is 39.3 Å². The standard InChI is InChI=1S/C33H39N3O2/c1-22-15-23(2)18-27(17-22)33(38-7,28-19-24(3)16-25(4)20-28)31(21-36(5)6)35-32(37)34-30-14-10-12-26-11-8-9-13-29(26)30/h8-20,31H,21H2,1-7H3,(H2,34,35,37)/t31-/m1/s1. The average molecular weight is 510 g/mol. The maximum atomic E-state index is 13.6. The lowest BCUT2D eigenvalue weighted by Crippen LogP contribution is -2.57. The fraction of sp³-hybridized carbons (Fsp3) is 0.303. The Kier molecular flexibility index (Phi) is 8.20. The summed E-state index contributed by atoms with van der Waals surface area (Å²) in [5.74, 6) is 0. The zero-order valence-electron chi connectivity index (χ0n) is 23.6. The molecule has 0 aliphatic carbocycles. The van der Waals surface area contributed by atoms with Crippen molar-refractivity contribution in [1.29, 1.82) is 0 Å². The Labute approximate surface area is 226 Å². The smallest absolute Gasteiger partial charge is 0.319 e. The van der Waals surface area contributed by atoms with Crippen molar-refractivity contribution in [2.75, 3.05) is 33.1 Å². The molecule has 0 saturated carbocycles. The molecule has 5 nitrogen and oxygen atoms in total. The minimum atomic E-state index is -0.923. The summed E-state index contributed by atoms with van der Waals surface area (Å²) in [6.07, 6.45) is 0. The largest absolute Gasteiger partial charge is 0.367 e. The van der Waals surface area contributed by atoms with E-state index in [0.29, 0.717) is 6.54 Å². The number of aryl methyl sites for hydroxylation is 4. The Balaban J connectivity index is 1.83. The number of urea groups is 1. The summed E-state index contributed by atoms with van der Waals surface area (Å²) in [4.78, 5) is 15.7. The first-order valence-electron chi connectivity index (χ1n) is 13.0. The van der Waals surface area contributed by atoms with Gasteiger partial charge in [-0.2, -0.15) is 0 Å². The molecular formula is C33H39N3O2. The first-order chi connectivity index (χ1) is 18.1. The van der Waals surface area contributed by atoms with Gasteiger partial charge in [0, 0.05) is 19.0 Å². The third kappa shape index (κ3) is 5.74. The molecule has 0 aliphatic heterocycles. The minimum Gasteiger partial charge on any atom is -0.367 e. The molecule has 38 heavy (non-hydrogen) atoms. The molecule has 0 fully saturated rings. The SMILES string of the molecule is COC(c1cc(C)cc(C)c1)(c1cc(C)cc(C)c1)[C@@H](CN(C)C)NC(=O)Nc1cccc2ccccc12. The second kappa shape index (κ2) is 11.4. The van der Waals surface area contributed by atoms with Crippen LogP contribution in [-0.4, -0.2) is 44.7 Å². The number of likely N-dealkylation sites (N-methyl/N-ethyl adjacent to an activating group) is 1. The molecule has 0 unspecified atom stereocenters. The van der Waals surface area contributed by atoms with Crippen LogP contribution in [0.5, 0.6) is 0 Å². The van der Waals surface area contributed by atoms with E-state index in [2.05, 4.69) is 79.6 Å².